The Morgan fingerprint density at radius 3 is 2.32 bits per heavy atom. The van der Waals surface area contributed by atoms with Gasteiger partial charge in [0.15, 0.2) is 0 Å². The van der Waals surface area contributed by atoms with Gasteiger partial charge in [0.05, 0.1) is 24.1 Å². The SMILES string of the molecule is CCCCNC(=O)C(CC)N(Cc1ccc(C)cc1)C(=O)CCCN(c1ccc(OC)c(Cl)c1)S(C)(=O)=O. The van der Waals surface area contributed by atoms with Gasteiger partial charge < -0.3 is 15.0 Å². The first-order chi connectivity index (χ1) is 18.0. The van der Waals surface area contributed by atoms with E-state index >= 15 is 0 Å². The van der Waals surface area contributed by atoms with Crippen LogP contribution in [0.3, 0.4) is 0 Å². The molecule has 0 spiro atoms. The molecule has 210 valence electrons. The van der Waals surface area contributed by atoms with Crippen LogP contribution < -0.4 is 14.4 Å². The van der Waals surface area contributed by atoms with E-state index in [0.717, 1.165) is 30.2 Å². The third-order valence-electron chi connectivity index (χ3n) is 6.26. The zero-order chi connectivity index (χ0) is 28.3. The molecule has 1 N–H and O–H groups in total. The fourth-order valence-corrected chi connectivity index (χ4v) is 5.34. The molecule has 8 nitrogen and oxygen atoms in total. The molecule has 10 heteroatoms. The number of benzene rings is 2. The van der Waals surface area contributed by atoms with Gasteiger partial charge in [0, 0.05) is 26.1 Å². The number of hydrogen-bond acceptors (Lipinski definition) is 5. The molecular weight excluding hydrogens is 526 g/mol. The molecule has 2 aromatic carbocycles. The Labute approximate surface area is 232 Å². The third kappa shape index (κ3) is 9.20. The van der Waals surface area contributed by atoms with Crippen molar-refractivity contribution in [3.05, 3.63) is 58.6 Å². The molecule has 0 aliphatic carbocycles. The highest BCUT2D eigenvalue weighted by molar-refractivity contribution is 7.92. The van der Waals surface area contributed by atoms with Crippen LogP contribution in [0, 0.1) is 6.92 Å². The third-order valence-corrected chi connectivity index (χ3v) is 7.75. The number of aryl methyl sites for hydroxylation is 1. The number of rotatable bonds is 15. The van der Waals surface area contributed by atoms with Crippen molar-refractivity contribution in [1.82, 2.24) is 10.2 Å². The zero-order valence-electron chi connectivity index (χ0n) is 23.0. The van der Waals surface area contributed by atoms with Gasteiger partial charge in [0.2, 0.25) is 21.8 Å². The van der Waals surface area contributed by atoms with Crippen LogP contribution in [0.2, 0.25) is 5.02 Å². The van der Waals surface area contributed by atoms with E-state index in [0.29, 0.717) is 36.0 Å². The van der Waals surface area contributed by atoms with E-state index in [4.69, 9.17) is 16.3 Å². The lowest BCUT2D eigenvalue weighted by molar-refractivity contribution is -0.141. The largest absolute Gasteiger partial charge is 0.495 e. The number of methoxy groups -OCH3 is 1. The predicted octanol–water partition coefficient (Wildman–Crippen LogP) is 4.93. The van der Waals surface area contributed by atoms with Crippen molar-refractivity contribution in [2.24, 2.45) is 0 Å². The Balaban J connectivity index is 2.21. The first-order valence-corrected chi connectivity index (χ1v) is 15.2. The summed E-state index contributed by atoms with van der Waals surface area (Å²) in [4.78, 5) is 28.1. The van der Waals surface area contributed by atoms with Crippen molar-refractivity contribution in [1.29, 1.82) is 0 Å². The molecule has 2 aromatic rings. The minimum Gasteiger partial charge on any atom is -0.495 e. The molecule has 0 heterocycles. The molecule has 0 radical (unpaired) electrons. The van der Waals surface area contributed by atoms with Gasteiger partial charge in [0.25, 0.3) is 0 Å². The van der Waals surface area contributed by atoms with Crippen LogP contribution in [-0.4, -0.2) is 57.6 Å². The lowest BCUT2D eigenvalue weighted by atomic mass is 10.1. The summed E-state index contributed by atoms with van der Waals surface area (Å²) in [5.74, 6) is 0.0601. The van der Waals surface area contributed by atoms with Crippen molar-refractivity contribution in [3.8, 4) is 5.75 Å². The Morgan fingerprint density at radius 2 is 1.76 bits per heavy atom. The van der Waals surface area contributed by atoms with Gasteiger partial charge in [-0.3, -0.25) is 13.9 Å². The quantitative estimate of drug-likeness (QED) is 0.309. The first-order valence-electron chi connectivity index (χ1n) is 13.0. The first kappa shape index (κ1) is 31.4. The molecular formula is C28H40ClN3O5S. The lowest BCUT2D eigenvalue weighted by Crippen LogP contribution is -2.49. The summed E-state index contributed by atoms with van der Waals surface area (Å²) in [6, 6.07) is 12.0. The average Bonchev–Trinajstić information content (AvgIpc) is 2.87. The number of ether oxygens (including phenoxy) is 1. The second-order valence-corrected chi connectivity index (χ2v) is 11.6. The molecule has 0 aliphatic heterocycles. The number of nitrogens with zero attached hydrogens (tertiary/aromatic N) is 2. The number of hydrogen-bond donors (Lipinski definition) is 1. The van der Waals surface area contributed by atoms with Gasteiger partial charge >= 0.3 is 0 Å². The molecule has 2 amide bonds. The monoisotopic (exact) mass is 565 g/mol. The Hall–Kier alpha value is -2.78. The fraction of sp³-hybridized carbons (Fsp3) is 0.500. The van der Waals surface area contributed by atoms with Gasteiger partial charge in [-0.25, -0.2) is 8.42 Å². The van der Waals surface area contributed by atoms with E-state index < -0.39 is 16.1 Å². The van der Waals surface area contributed by atoms with E-state index in [-0.39, 0.29) is 31.2 Å². The van der Waals surface area contributed by atoms with Gasteiger partial charge in [-0.05, 0) is 49.9 Å². The highest BCUT2D eigenvalue weighted by Gasteiger charge is 2.28. The van der Waals surface area contributed by atoms with Gasteiger partial charge in [0.1, 0.15) is 11.8 Å². The Bertz CT molecular complexity index is 1170. The van der Waals surface area contributed by atoms with Crippen molar-refractivity contribution in [2.45, 2.75) is 65.5 Å². The summed E-state index contributed by atoms with van der Waals surface area (Å²) in [5, 5.41) is 3.24. The highest BCUT2D eigenvalue weighted by atomic mass is 35.5. The van der Waals surface area contributed by atoms with Gasteiger partial charge in [-0.1, -0.05) is 61.7 Å². The summed E-state index contributed by atoms with van der Waals surface area (Å²) < 4.78 is 31.5. The number of unbranched alkanes of at least 4 members (excludes halogenated alkanes) is 1. The van der Waals surface area contributed by atoms with E-state index in [1.54, 1.807) is 17.0 Å². The molecule has 0 bridgehead atoms. The number of sulfonamides is 1. The lowest BCUT2D eigenvalue weighted by Gasteiger charge is -2.31. The van der Waals surface area contributed by atoms with Crippen molar-refractivity contribution in [2.75, 3.05) is 30.8 Å². The normalized spacial score (nSPS) is 12.1. The predicted molar refractivity (Wildman–Crippen MR) is 153 cm³/mol. The molecule has 0 saturated heterocycles. The van der Waals surface area contributed by atoms with E-state index in [2.05, 4.69) is 12.2 Å². The molecule has 0 saturated carbocycles. The van der Waals surface area contributed by atoms with Crippen LogP contribution in [0.15, 0.2) is 42.5 Å². The molecule has 0 aliphatic rings. The summed E-state index contributed by atoms with van der Waals surface area (Å²) in [5.41, 5.74) is 2.42. The van der Waals surface area contributed by atoms with Crippen molar-refractivity contribution < 1.29 is 22.7 Å². The maximum Gasteiger partial charge on any atom is 0.242 e. The van der Waals surface area contributed by atoms with Crippen molar-refractivity contribution in [3.63, 3.8) is 0 Å². The molecule has 2 rings (SSSR count). The molecule has 1 atom stereocenters. The molecule has 1 unspecified atom stereocenters. The smallest absolute Gasteiger partial charge is 0.242 e. The average molecular weight is 566 g/mol. The topological polar surface area (TPSA) is 96.0 Å². The van der Waals surface area contributed by atoms with Crippen LogP contribution in [0.5, 0.6) is 5.75 Å². The number of amides is 2. The van der Waals surface area contributed by atoms with E-state index in [1.807, 2.05) is 38.1 Å². The molecule has 38 heavy (non-hydrogen) atoms. The summed E-state index contributed by atoms with van der Waals surface area (Å²) >= 11 is 6.22. The maximum atomic E-state index is 13.5. The number of halogens is 1. The van der Waals surface area contributed by atoms with Crippen LogP contribution in [-0.2, 0) is 26.2 Å². The maximum absolute atomic E-state index is 13.5. The highest BCUT2D eigenvalue weighted by Crippen LogP contribution is 2.30. The van der Waals surface area contributed by atoms with E-state index in [9.17, 15) is 18.0 Å². The second-order valence-electron chi connectivity index (χ2n) is 9.33. The van der Waals surface area contributed by atoms with Gasteiger partial charge in [-0.15, -0.1) is 0 Å². The molecule has 0 aromatic heterocycles. The van der Waals surface area contributed by atoms with Crippen LogP contribution >= 0.6 is 11.6 Å². The van der Waals surface area contributed by atoms with Gasteiger partial charge in [-0.2, -0.15) is 0 Å². The second kappa shape index (κ2) is 15.0. The number of anilines is 1. The Kier molecular flexibility index (Phi) is 12.4. The molecule has 0 fully saturated rings. The number of carbonyl (C=O) groups is 2. The summed E-state index contributed by atoms with van der Waals surface area (Å²) in [6.07, 6.45) is 3.76. The zero-order valence-corrected chi connectivity index (χ0v) is 24.6. The van der Waals surface area contributed by atoms with Crippen molar-refractivity contribution >= 4 is 39.1 Å². The van der Waals surface area contributed by atoms with Crippen LogP contribution in [0.4, 0.5) is 5.69 Å². The van der Waals surface area contributed by atoms with E-state index in [1.165, 1.54) is 17.5 Å². The van der Waals surface area contributed by atoms with Crippen LogP contribution in [0.1, 0.15) is 57.1 Å². The van der Waals surface area contributed by atoms with Crippen LogP contribution in [0.25, 0.3) is 0 Å². The minimum atomic E-state index is -3.63. The number of nitrogens with one attached hydrogen (secondary N) is 1. The minimum absolute atomic E-state index is 0.0838. The summed E-state index contributed by atoms with van der Waals surface area (Å²) in [7, 11) is -2.14. The summed E-state index contributed by atoms with van der Waals surface area (Å²) in [6.45, 7) is 6.88. The Morgan fingerprint density at radius 1 is 1.08 bits per heavy atom. The standard InChI is InChI=1S/C28H40ClN3O5S/c1-6-8-17-30-28(34)25(7-2)31(20-22-13-11-21(3)12-14-22)27(33)10-9-18-32(38(5,35)36)23-15-16-26(37-4)24(29)19-23/h11-16,19,25H,6-10,17-18,20H2,1-5H3,(H,30,34). The fourth-order valence-electron chi connectivity index (χ4n) is 4.13. The number of carbonyl (C=O) groups excluding carboxylic acids is 2.